The number of likely N-dealkylation sites (tertiary alicyclic amines) is 1. The van der Waals surface area contributed by atoms with Gasteiger partial charge >= 0.3 is 12.1 Å². The number of esters is 1. The zero-order valence-electron chi connectivity index (χ0n) is 25.6. The number of benzene rings is 3. The van der Waals surface area contributed by atoms with Crippen molar-refractivity contribution in [3.8, 4) is 11.8 Å². The highest BCUT2D eigenvalue weighted by Gasteiger charge is 2.30. The minimum atomic E-state index is -0.549. The highest BCUT2D eigenvalue weighted by atomic mass is 16.6. The number of aromatic nitrogens is 2. The Labute approximate surface area is 252 Å². The predicted octanol–water partition coefficient (Wildman–Crippen LogP) is 6.55. The second-order valence-electron chi connectivity index (χ2n) is 12.2. The maximum absolute atomic E-state index is 12.8. The molecule has 43 heavy (non-hydrogen) atoms. The maximum atomic E-state index is 12.8. The predicted molar refractivity (Wildman–Crippen MR) is 167 cm³/mol. The Balaban J connectivity index is 1.59. The van der Waals surface area contributed by atoms with E-state index in [9.17, 15) is 14.9 Å². The molecule has 0 radical (unpaired) electrons. The highest BCUT2D eigenvalue weighted by Crippen LogP contribution is 2.40. The Morgan fingerprint density at radius 1 is 1.12 bits per heavy atom. The Morgan fingerprint density at radius 3 is 2.47 bits per heavy atom. The summed E-state index contributed by atoms with van der Waals surface area (Å²) in [6, 6.07) is 16.2. The van der Waals surface area contributed by atoms with E-state index in [1.54, 1.807) is 4.90 Å². The van der Waals surface area contributed by atoms with E-state index in [2.05, 4.69) is 16.7 Å². The van der Waals surface area contributed by atoms with Crippen molar-refractivity contribution >= 4 is 39.6 Å². The van der Waals surface area contributed by atoms with Crippen LogP contribution in [0.1, 0.15) is 74.9 Å². The average molecular weight is 582 g/mol. The van der Waals surface area contributed by atoms with E-state index in [1.807, 2.05) is 64.1 Å². The van der Waals surface area contributed by atoms with Crippen LogP contribution in [0.25, 0.3) is 27.5 Å². The van der Waals surface area contributed by atoms with E-state index in [0.717, 1.165) is 51.8 Å². The zero-order chi connectivity index (χ0) is 30.9. The monoisotopic (exact) mass is 581 g/mol. The van der Waals surface area contributed by atoms with Crippen molar-refractivity contribution in [2.45, 2.75) is 71.3 Å². The number of carbonyl (C=O) groups is 2. The Bertz CT molecular complexity index is 1740. The number of fused-ring (bicyclic) bond motifs is 2. The van der Waals surface area contributed by atoms with Crippen LogP contribution in [0.4, 0.5) is 10.5 Å². The SMILES string of the molecule is COC(=O)CCCc1c(C2CCN(C(=O)OC(C)(C)C)CC2)cc2c(nc(C)n2-c2ccc(C#N)c3ccccc23)c1N. The third-order valence-electron chi connectivity index (χ3n) is 8.19. The molecule has 1 aliphatic rings. The zero-order valence-corrected chi connectivity index (χ0v) is 25.6. The molecule has 0 saturated carbocycles. The number of rotatable bonds is 6. The molecule has 1 aliphatic heterocycles. The summed E-state index contributed by atoms with van der Waals surface area (Å²) in [5.74, 6) is 0.702. The van der Waals surface area contributed by atoms with Crippen molar-refractivity contribution < 1.29 is 19.1 Å². The van der Waals surface area contributed by atoms with Crippen LogP contribution in [-0.2, 0) is 20.7 Å². The molecule has 1 amide bonds. The molecule has 1 aromatic heterocycles. The first-order valence-corrected chi connectivity index (χ1v) is 14.8. The van der Waals surface area contributed by atoms with Gasteiger partial charge in [-0.05, 0) is 88.6 Å². The van der Waals surface area contributed by atoms with E-state index in [1.165, 1.54) is 7.11 Å². The fourth-order valence-corrected chi connectivity index (χ4v) is 6.15. The Morgan fingerprint density at radius 2 is 1.81 bits per heavy atom. The third kappa shape index (κ3) is 6.00. The summed E-state index contributed by atoms with van der Waals surface area (Å²) in [7, 11) is 1.40. The summed E-state index contributed by atoms with van der Waals surface area (Å²) < 4.78 is 12.6. The van der Waals surface area contributed by atoms with Crippen LogP contribution < -0.4 is 5.73 Å². The number of anilines is 1. The molecule has 224 valence electrons. The molecule has 5 rings (SSSR count). The van der Waals surface area contributed by atoms with Crippen LogP contribution in [0.3, 0.4) is 0 Å². The van der Waals surface area contributed by atoms with Crippen LogP contribution in [0.15, 0.2) is 42.5 Å². The number of piperidine rings is 1. The van der Waals surface area contributed by atoms with Gasteiger partial charge in [-0.25, -0.2) is 9.78 Å². The fraction of sp³-hybridized carbons (Fsp3) is 0.412. The Hall–Kier alpha value is -4.58. The number of nitrogen functional groups attached to an aromatic ring is 1. The number of methoxy groups -OCH3 is 1. The van der Waals surface area contributed by atoms with Crippen molar-refractivity contribution in [3.63, 3.8) is 0 Å². The topological polar surface area (TPSA) is 123 Å². The van der Waals surface area contributed by atoms with Crippen molar-refractivity contribution in [3.05, 3.63) is 65.0 Å². The Kier molecular flexibility index (Phi) is 8.32. The van der Waals surface area contributed by atoms with E-state index in [4.69, 9.17) is 20.2 Å². The van der Waals surface area contributed by atoms with E-state index in [0.29, 0.717) is 49.1 Å². The minimum Gasteiger partial charge on any atom is -0.469 e. The minimum absolute atomic E-state index is 0.167. The van der Waals surface area contributed by atoms with Gasteiger partial charge in [0.15, 0.2) is 0 Å². The quantitative estimate of drug-likeness (QED) is 0.202. The van der Waals surface area contributed by atoms with Gasteiger partial charge in [-0.3, -0.25) is 9.36 Å². The third-order valence-corrected chi connectivity index (χ3v) is 8.19. The summed E-state index contributed by atoms with van der Waals surface area (Å²) in [5.41, 5.74) is 12.3. The van der Waals surface area contributed by atoms with Crippen LogP contribution in [0.2, 0.25) is 0 Å². The maximum Gasteiger partial charge on any atom is 0.410 e. The molecule has 0 spiro atoms. The molecule has 9 heteroatoms. The van der Waals surface area contributed by atoms with Gasteiger partial charge in [0.05, 0.1) is 35.6 Å². The molecule has 1 saturated heterocycles. The number of carbonyl (C=O) groups excluding carboxylic acids is 2. The number of amides is 1. The number of aryl methyl sites for hydroxylation is 1. The normalized spacial score (nSPS) is 14.2. The van der Waals surface area contributed by atoms with E-state index < -0.39 is 5.60 Å². The first-order chi connectivity index (χ1) is 20.5. The lowest BCUT2D eigenvalue weighted by Crippen LogP contribution is -2.41. The van der Waals surface area contributed by atoms with Gasteiger partial charge in [-0.15, -0.1) is 0 Å². The summed E-state index contributed by atoms with van der Waals surface area (Å²) in [6.07, 6.45) is 2.76. The number of nitriles is 1. The van der Waals surface area contributed by atoms with Crippen molar-refractivity contribution in [1.82, 2.24) is 14.5 Å². The van der Waals surface area contributed by atoms with Gasteiger partial charge in [0.2, 0.25) is 0 Å². The molecular formula is C34H39N5O4. The molecule has 4 aromatic rings. The lowest BCUT2D eigenvalue weighted by Gasteiger charge is -2.34. The van der Waals surface area contributed by atoms with Crippen LogP contribution >= 0.6 is 0 Å². The van der Waals surface area contributed by atoms with Gasteiger partial charge in [0.25, 0.3) is 0 Å². The smallest absolute Gasteiger partial charge is 0.410 e. The van der Waals surface area contributed by atoms with Gasteiger partial charge < -0.3 is 20.1 Å². The summed E-state index contributed by atoms with van der Waals surface area (Å²) in [5, 5.41) is 11.5. The molecular weight excluding hydrogens is 542 g/mol. The van der Waals surface area contributed by atoms with Crippen LogP contribution in [-0.4, -0.2) is 52.3 Å². The number of hydrogen-bond acceptors (Lipinski definition) is 7. The standard InChI is InChI=1S/C34H39N5O4/c1-21-37-32-29(39(21)28-14-13-23(20-35)24-9-6-7-10-25(24)28)19-27(26(31(32)36)11-8-12-30(40)42-5)22-15-17-38(18-16-22)33(41)43-34(2,3)4/h6-7,9-10,13-14,19,22H,8,11-12,15-18,36H2,1-5H3. The molecule has 1 fully saturated rings. The van der Waals surface area contributed by atoms with Gasteiger partial charge in [-0.1, -0.05) is 24.3 Å². The van der Waals surface area contributed by atoms with Crippen molar-refractivity contribution in [2.75, 3.05) is 25.9 Å². The number of imidazole rings is 1. The number of nitrogens with two attached hydrogens (primary N) is 1. The van der Waals surface area contributed by atoms with Crippen LogP contribution in [0, 0.1) is 18.3 Å². The second kappa shape index (κ2) is 12.0. The van der Waals surface area contributed by atoms with E-state index >= 15 is 0 Å². The molecule has 2 N–H and O–H groups in total. The fourth-order valence-electron chi connectivity index (χ4n) is 6.15. The van der Waals surface area contributed by atoms with E-state index in [-0.39, 0.29) is 18.0 Å². The second-order valence-corrected chi connectivity index (χ2v) is 12.2. The molecule has 0 aliphatic carbocycles. The summed E-state index contributed by atoms with van der Waals surface area (Å²) in [4.78, 5) is 31.4. The molecule has 3 aromatic carbocycles. The first kappa shape index (κ1) is 29.9. The molecule has 0 atom stereocenters. The van der Waals surface area contributed by atoms with Gasteiger partial charge in [-0.2, -0.15) is 5.26 Å². The molecule has 9 nitrogen and oxygen atoms in total. The number of nitrogens with zero attached hydrogens (tertiary/aromatic N) is 4. The lowest BCUT2D eigenvalue weighted by molar-refractivity contribution is -0.140. The largest absolute Gasteiger partial charge is 0.469 e. The molecule has 0 bridgehead atoms. The number of ether oxygens (including phenoxy) is 2. The summed E-state index contributed by atoms with van der Waals surface area (Å²) in [6.45, 7) is 8.74. The lowest BCUT2D eigenvalue weighted by atomic mass is 9.84. The van der Waals surface area contributed by atoms with Gasteiger partial charge in [0, 0.05) is 30.3 Å². The molecule has 0 unspecified atom stereocenters. The average Bonchev–Trinajstić information content (AvgIpc) is 3.32. The molecule has 2 heterocycles. The van der Waals surface area contributed by atoms with Crippen LogP contribution in [0.5, 0.6) is 0 Å². The first-order valence-electron chi connectivity index (χ1n) is 14.8. The summed E-state index contributed by atoms with van der Waals surface area (Å²) >= 11 is 0. The van der Waals surface area contributed by atoms with Crippen molar-refractivity contribution in [2.24, 2.45) is 0 Å². The highest BCUT2D eigenvalue weighted by molar-refractivity contribution is 5.98. The van der Waals surface area contributed by atoms with Crippen molar-refractivity contribution in [1.29, 1.82) is 5.26 Å². The number of hydrogen-bond donors (Lipinski definition) is 1. The van der Waals surface area contributed by atoms with Gasteiger partial charge in [0.1, 0.15) is 16.9 Å².